The number of hydrogen-bond donors (Lipinski definition) is 1. The van der Waals surface area contributed by atoms with Gasteiger partial charge in [-0.15, -0.1) is 0 Å². The standard InChI is InChI=1S/C12H25NO/c1-3-5-12-8-13(9-12)7-4-6-11(2)10-14/h11-12,14H,3-10H2,1-2H3. The van der Waals surface area contributed by atoms with Crippen molar-refractivity contribution in [2.24, 2.45) is 11.8 Å². The topological polar surface area (TPSA) is 23.5 Å². The van der Waals surface area contributed by atoms with Crippen LogP contribution in [0.2, 0.25) is 0 Å². The maximum Gasteiger partial charge on any atom is 0.0456 e. The molecule has 1 atom stereocenters. The fourth-order valence-electron chi connectivity index (χ4n) is 2.20. The number of aliphatic hydroxyl groups excluding tert-OH is 1. The summed E-state index contributed by atoms with van der Waals surface area (Å²) in [4.78, 5) is 2.55. The summed E-state index contributed by atoms with van der Waals surface area (Å²) in [5.74, 6) is 1.47. The van der Waals surface area contributed by atoms with Crippen molar-refractivity contribution >= 4 is 0 Å². The van der Waals surface area contributed by atoms with Crippen LogP contribution in [0.25, 0.3) is 0 Å². The third-order valence-corrected chi connectivity index (χ3v) is 3.21. The first-order valence-corrected chi connectivity index (χ1v) is 6.09. The summed E-state index contributed by atoms with van der Waals surface area (Å²) >= 11 is 0. The van der Waals surface area contributed by atoms with Gasteiger partial charge in [0.15, 0.2) is 0 Å². The third-order valence-electron chi connectivity index (χ3n) is 3.21. The second kappa shape index (κ2) is 6.41. The normalized spacial score (nSPS) is 20.8. The van der Waals surface area contributed by atoms with E-state index >= 15 is 0 Å². The van der Waals surface area contributed by atoms with Gasteiger partial charge in [-0.2, -0.15) is 0 Å². The van der Waals surface area contributed by atoms with Gasteiger partial charge >= 0.3 is 0 Å². The molecule has 1 rings (SSSR count). The van der Waals surface area contributed by atoms with Gasteiger partial charge in [0.1, 0.15) is 0 Å². The predicted molar refractivity (Wildman–Crippen MR) is 60.3 cm³/mol. The number of hydrogen-bond acceptors (Lipinski definition) is 2. The van der Waals surface area contributed by atoms with Crippen LogP contribution in [0.3, 0.4) is 0 Å². The van der Waals surface area contributed by atoms with Crippen LogP contribution in [-0.4, -0.2) is 36.2 Å². The van der Waals surface area contributed by atoms with Crippen LogP contribution in [0.1, 0.15) is 39.5 Å². The molecule has 1 heterocycles. The zero-order valence-corrected chi connectivity index (χ0v) is 9.71. The highest BCUT2D eigenvalue weighted by Crippen LogP contribution is 2.20. The summed E-state index contributed by atoms with van der Waals surface area (Å²) in [5.41, 5.74) is 0. The van der Waals surface area contributed by atoms with Crippen LogP contribution in [0.5, 0.6) is 0 Å². The SMILES string of the molecule is CCCC1CN(CCCC(C)CO)C1. The number of aliphatic hydroxyl groups is 1. The minimum atomic E-state index is 0.346. The van der Waals surface area contributed by atoms with Crippen molar-refractivity contribution in [2.75, 3.05) is 26.2 Å². The molecule has 2 heteroatoms. The van der Waals surface area contributed by atoms with Gasteiger partial charge in [-0.1, -0.05) is 20.3 Å². The maximum atomic E-state index is 8.87. The van der Waals surface area contributed by atoms with Gasteiger partial charge in [0.2, 0.25) is 0 Å². The van der Waals surface area contributed by atoms with Gasteiger partial charge in [0, 0.05) is 19.7 Å². The lowest BCUT2D eigenvalue weighted by Crippen LogP contribution is -2.46. The second-order valence-electron chi connectivity index (χ2n) is 4.84. The first-order chi connectivity index (χ1) is 6.76. The zero-order valence-electron chi connectivity index (χ0n) is 9.71. The first kappa shape index (κ1) is 12.0. The van der Waals surface area contributed by atoms with Crippen LogP contribution in [0, 0.1) is 11.8 Å². The molecule has 2 nitrogen and oxygen atoms in total. The molecule has 0 spiro atoms. The van der Waals surface area contributed by atoms with Gasteiger partial charge < -0.3 is 10.0 Å². The zero-order chi connectivity index (χ0) is 10.4. The Bertz CT molecular complexity index is 143. The predicted octanol–water partition coefficient (Wildman–Crippen LogP) is 2.13. The van der Waals surface area contributed by atoms with Crippen LogP contribution in [0.4, 0.5) is 0 Å². The highest BCUT2D eigenvalue weighted by Gasteiger charge is 2.24. The van der Waals surface area contributed by atoms with Crippen LogP contribution >= 0.6 is 0 Å². The summed E-state index contributed by atoms with van der Waals surface area (Å²) in [7, 11) is 0. The molecule has 14 heavy (non-hydrogen) atoms. The molecule has 0 aromatic heterocycles. The molecule has 0 bridgehead atoms. The highest BCUT2D eigenvalue weighted by molar-refractivity contribution is 4.79. The van der Waals surface area contributed by atoms with E-state index < -0.39 is 0 Å². The van der Waals surface area contributed by atoms with E-state index in [1.807, 2.05) is 0 Å². The molecule has 0 aliphatic carbocycles. The molecule has 1 fully saturated rings. The van der Waals surface area contributed by atoms with Crippen molar-refractivity contribution < 1.29 is 5.11 Å². The van der Waals surface area contributed by atoms with Crippen LogP contribution in [-0.2, 0) is 0 Å². The molecule has 1 N–H and O–H groups in total. The Morgan fingerprint density at radius 3 is 2.71 bits per heavy atom. The van der Waals surface area contributed by atoms with Gasteiger partial charge in [0.25, 0.3) is 0 Å². The van der Waals surface area contributed by atoms with Crippen molar-refractivity contribution in [2.45, 2.75) is 39.5 Å². The van der Waals surface area contributed by atoms with Gasteiger partial charge in [0.05, 0.1) is 0 Å². The number of nitrogens with zero attached hydrogens (tertiary/aromatic N) is 1. The van der Waals surface area contributed by atoms with Gasteiger partial charge in [-0.25, -0.2) is 0 Å². The fourth-order valence-corrected chi connectivity index (χ4v) is 2.20. The minimum absolute atomic E-state index is 0.346. The van der Waals surface area contributed by atoms with Gasteiger partial charge in [-0.05, 0) is 37.6 Å². The summed E-state index contributed by atoms with van der Waals surface area (Å²) in [6.45, 7) is 8.62. The first-order valence-electron chi connectivity index (χ1n) is 6.09. The van der Waals surface area contributed by atoms with Crippen molar-refractivity contribution in [1.29, 1.82) is 0 Å². The fraction of sp³-hybridized carbons (Fsp3) is 1.00. The molecule has 0 radical (unpaired) electrons. The number of likely N-dealkylation sites (tertiary alicyclic amines) is 1. The quantitative estimate of drug-likeness (QED) is 0.679. The summed E-state index contributed by atoms with van der Waals surface area (Å²) < 4.78 is 0. The van der Waals surface area contributed by atoms with E-state index in [1.54, 1.807) is 0 Å². The second-order valence-corrected chi connectivity index (χ2v) is 4.84. The van der Waals surface area contributed by atoms with Gasteiger partial charge in [-0.3, -0.25) is 0 Å². The molecular weight excluding hydrogens is 174 g/mol. The van der Waals surface area contributed by atoms with Crippen molar-refractivity contribution in [1.82, 2.24) is 4.90 Å². The van der Waals surface area contributed by atoms with Crippen LogP contribution < -0.4 is 0 Å². The molecular formula is C12H25NO. The molecule has 0 saturated carbocycles. The van der Waals surface area contributed by atoms with E-state index in [0.29, 0.717) is 12.5 Å². The van der Waals surface area contributed by atoms with Crippen molar-refractivity contribution in [3.8, 4) is 0 Å². The van der Waals surface area contributed by atoms with E-state index in [0.717, 1.165) is 5.92 Å². The molecule has 0 amide bonds. The Hall–Kier alpha value is -0.0800. The molecule has 0 aromatic rings. The summed E-state index contributed by atoms with van der Waals surface area (Å²) in [6.07, 6.45) is 5.16. The van der Waals surface area contributed by atoms with Crippen LogP contribution in [0.15, 0.2) is 0 Å². The van der Waals surface area contributed by atoms with E-state index in [9.17, 15) is 0 Å². The van der Waals surface area contributed by atoms with E-state index in [1.165, 1.54) is 45.3 Å². The van der Waals surface area contributed by atoms with Crippen molar-refractivity contribution in [3.63, 3.8) is 0 Å². The highest BCUT2D eigenvalue weighted by atomic mass is 16.3. The Labute approximate surface area is 88.3 Å². The molecule has 84 valence electrons. The molecule has 1 saturated heterocycles. The monoisotopic (exact) mass is 199 g/mol. The van der Waals surface area contributed by atoms with Crippen molar-refractivity contribution in [3.05, 3.63) is 0 Å². The number of rotatable bonds is 7. The maximum absolute atomic E-state index is 8.87. The Balaban J connectivity index is 1.90. The third kappa shape index (κ3) is 3.97. The molecule has 0 aromatic carbocycles. The Morgan fingerprint density at radius 2 is 2.14 bits per heavy atom. The lowest BCUT2D eigenvalue weighted by Gasteiger charge is -2.39. The van der Waals surface area contributed by atoms with E-state index in [-0.39, 0.29) is 0 Å². The summed E-state index contributed by atoms with van der Waals surface area (Å²) in [6, 6.07) is 0. The Morgan fingerprint density at radius 1 is 1.43 bits per heavy atom. The van der Waals surface area contributed by atoms with E-state index in [4.69, 9.17) is 5.11 Å². The molecule has 1 aliphatic heterocycles. The lowest BCUT2D eigenvalue weighted by molar-refractivity contribution is 0.0890. The molecule has 1 unspecified atom stereocenters. The smallest absolute Gasteiger partial charge is 0.0456 e. The minimum Gasteiger partial charge on any atom is -0.396 e. The average Bonchev–Trinajstić information content (AvgIpc) is 2.13. The average molecular weight is 199 g/mol. The Kier molecular flexibility index (Phi) is 5.49. The largest absolute Gasteiger partial charge is 0.396 e. The lowest BCUT2D eigenvalue weighted by atomic mass is 9.94. The summed E-state index contributed by atoms with van der Waals surface area (Å²) in [5, 5.41) is 8.87. The molecule has 1 aliphatic rings. The van der Waals surface area contributed by atoms with E-state index in [2.05, 4.69) is 18.7 Å².